The molecule has 9 heteroatoms. The number of nitrogens with one attached hydrogen (secondary N) is 1. The minimum absolute atomic E-state index is 0.0455. The Morgan fingerprint density at radius 1 is 0.972 bits per heavy atom. The van der Waals surface area contributed by atoms with Crippen LogP contribution in [0.5, 0.6) is 0 Å². The van der Waals surface area contributed by atoms with Gasteiger partial charge in [0.1, 0.15) is 12.6 Å². The molecule has 190 valence electrons. The highest BCUT2D eigenvalue weighted by atomic mass is 35.5. The highest BCUT2D eigenvalue weighted by Gasteiger charge is 2.32. The third kappa shape index (κ3) is 6.44. The van der Waals surface area contributed by atoms with Crippen molar-refractivity contribution in [3.8, 4) is 0 Å². The van der Waals surface area contributed by atoms with Crippen molar-refractivity contribution in [3.63, 3.8) is 0 Å². The van der Waals surface area contributed by atoms with Crippen LogP contribution in [0.1, 0.15) is 25.0 Å². The van der Waals surface area contributed by atoms with Gasteiger partial charge in [-0.15, -0.1) is 0 Å². The van der Waals surface area contributed by atoms with E-state index < -0.39 is 28.5 Å². The van der Waals surface area contributed by atoms with Gasteiger partial charge in [-0.25, -0.2) is 8.42 Å². The van der Waals surface area contributed by atoms with Crippen LogP contribution in [0.3, 0.4) is 0 Å². The lowest BCUT2D eigenvalue weighted by Crippen LogP contribution is -2.51. The fraction of sp³-hybridized carbons (Fsp3) is 0.259. The molecule has 36 heavy (non-hydrogen) atoms. The Morgan fingerprint density at radius 3 is 2.28 bits per heavy atom. The maximum Gasteiger partial charge on any atom is 0.264 e. The first-order valence-corrected chi connectivity index (χ1v) is 13.4. The molecule has 3 aromatic carbocycles. The largest absolute Gasteiger partial charge is 0.355 e. The average Bonchev–Trinajstić information content (AvgIpc) is 2.86. The molecule has 0 aromatic heterocycles. The fourth-order valence-corrected chi connectivity index (χ4v) is 5.37. The van der Waals surface area contributed by atoms with Gasteiger partial charge in [0.25, 0.3) is 10.0 Å². The second-order valence-electron chi connectivity index (χ2n) is 8.35. The standard InChI is InChI=1S/C27H30ClN3O4S/c1-4-29-27(33)21(3)30(18-22-12-8-9-16-25(22)28)26(32)19-31(23-13-10-11-20(2)17-23)36(34,35)24-14-6-5-7-15-24/h5-17,21H,4,18-19H2,1-3H3,(H,29,33)/t21-/m1/s1. The van der Waals surface area contributed by atoms with E-state index in [0.717, 1.165) is 9.87 Å². The molecule has 0 radical (unpaired) electrons. The maximum atomic E-state index is 13.8. The van der Waals surface area contributed by atoms with Crippen LogP contribution in [0, 0.1) is 6.92 Å². The van der Waals surface area contributed by atoms with Crippen LogP contribution in [0.25, 0.3) is 0 Å². The van der Waals surface area contributed by atoms with E-state index in [0.29, 0.717) is 22.8 Å². The molecule has 0 saturated heterocycles. The second kappa shape index (κ2) is 12.1. The number of aryl methyl sites for hydroxylation is 1. The topological polar surface area (TPSA) is 86.8 Å². The first kappa shape index (κ1) is 27.2. The zero-order valence-corrected chi connectivity index (χ0v) is 22.1. The van der Waals surface area contributed by atoms with Gasteiger partial charge < -0.3 is 10.2 Å². The van der Waals surface area contributed by atoms with Gasteiger partial charge in [-0.1, -0.05) is 60.1 Å². The van der Waals surface area contributed by atoms with E-state index in [2.05, 4.69) is 5.32 Å². The minimum Gasteiger partial charge on any atom is -0.355 e. The molecule has 0 aliphatic heterocycles. The van der Waals surface area contributed by atoms with E-state index in [4.69, 9.17) is 11.6 Å². The highest BCUT2D eigenvalue weighted by Crippen LogP contribution is 2.26. The predicted molar refractivity (Wildman–Crippen MR) is 142 cm³/mol. The summed E-state index contributed by atoms with van der Waals surface area (Å²) in [7, 11) is -4.08. The molecule has 0 fully saturated rings. The fourth-order valence-electron chi connectivity index (χ4n) is 3.75. The van der Waals surface area contributed by atoms with Gasteiger partial charge in [0.05, 0.1) is 10.6 Å². The molecule has 0 unspecified atom stereocenters. The smallest absolute Gasteiger partial charge is 0.264 e. The third-order valence-corrected chi connectivity index (χ3v) is 7.87. The van der Waals surface area contributed by atoms with Crippen LogP contribution < -0.4 is 9.62 Å². The Labute approximate surface area is 217 Å². The van der Waals surface area contributed by atoms with Crippen molar-refractivity contribution in [2.24, 2.45) is 0 Å². The number of carbonyl (C=O) groups excluding carboxylic acids is 2. The zero-order chi connectivity index (χ0) is 26.3. The van der Waals surface area contributed by atoms with E-state index in [1.807, 2.05) is 13.0 Å². The molecule has 0 bridgehead atoms. The predicted octanol–water partition coefficient (Wildman–Crippen LogP) is 4.40. The van der Waals surface area contributed by atoms with Crippen LogP contribution >= 0.6 is 11.6 Å². The first-order chi connectivity index (χ1) is 17.1. The molecule has 0 aliphatic carbocycles. The van der Waals surface area contributed by atoms with Gasteiger partial charge in [0.15, 0.2) is 0 Å². The van der Waals surface area contributed by atoms with Gasteiger partial charge in [-0.2, -0.15) is 0 Å². The summed E-state index contributed by atoms with van der Waals surface area (Å²) in [6, 6.07) is 21.1. The Morgan fingerprint density at radius 2 is 1.64 bits per heavy atom. The van der Waals surface area contributed by atoms with Gasteiger partial charge in [-0.3, -0.25) is 13.9 Å². The van der Waals surface area contributed by atoms with E-state index in [9.17, 15) is 18.0 Å². The van der Waals surface area contributed by atoms with Crippen LogP contribution in [0.2, 0.25) is 5.02 Å². The summed E-state index contributed by atoms with van der Waals surface area (Å²) in [4.78, 5) is 27.9. The van der Waals surface area contributed by atoms with Crippen molar-refractivity contribution in [3.05, 3.63) is 95.0 Å². The summed E-state index contributed by atoms with van der Waals surface area (Å²) in [5, 5.41) is 3.18. The van der Waals surface area contributed by atoms with E-state index >= 15 is 0 Å². The van der Waals surface area contributed by atoms with Gasteiger partial charge in [0.2, 0.25) is 11.8 Å². The Balaban J connectivity index is 2.03. The number of likely N-dealkylation sites (N-methyl/N-ethyl adjacent to an activating group) is 1. The number of halogens is 1. The van der Waals surface area contributed by atoms with Crippen LogP contribution in [0.4, 0.5) is 5.69 Å². The van der Waals surface area contributed by atoms with Crippen LogP contribution in [-0.2, 0) is 26.2 Å². The van der Waals surface area contributed by atoms with Crippen LogP contribution in [0.15, 0.2) is 83.8 Å². The quantitative estimate of drug-likeness (QED) is 0.423. The van der Waals surface area contributed by atoms with Crippen molar-refractivity contribution in [2.75, 3.05) is 17.4 Å². The molecule has 0 heterocycles. The normalized spacial score (nSPS) is 12.0. The van der Waals surface area contributed by atoms with E-state index in [1.165, 1.54) is 17.0 Å². The summed E-state index contributed by atoms with van der Waals surface area (Å²) in [6.07, 6.45) is 0. The Bertz CT molecular complexity index is 1320. The molecular formula is C27H30ClN3O4S. The number of amides is 2. The van der Waals surface area contributed by atoms with E-state index in [1.54, 1.807) is 74.5 Å². The monoisotopic (exact) mass is 527 g/mol. The number of anilines is 1. The molecule has 3 aromatic rings. The van der Waals surface area contributed by atoms with Gasteiger partial charge in [0, 0.05) is 18.1 Å². The summed E-state index contributed by atoms with van der Waals surface area (Å²) in [5.74, 6) is -0.874. The molecule has 2 amide bonds. The Hall–Kier alpha value is -3.36. The Kier molecular flexibility index (Phi) is 9.12. The van der Waals surface area contributed by atoms with Crippen molar-refractivity contribution in [1.82, 2.24) is 10.2 Å². The number of carbonyl (C=O) groups is 2. The number of hydrogen-bond donors (Lipinski definition) is 1. The molecule has 3 rings (SSSR count). The second-order valence-corrected chi connectivity index (χ2v) is 10.6. The van der Waals surface area contributed by atoms with Crippen molar-refractivity contribution in [2.45, 2.75) is 38.3 Å². The summed E-state index contributed by atoms with van der Waals surface area (Å²) >= 11 is 6.35. The highest BCUT2D eigenvalue weighted by molar-refractivity contribution is 7.92. The average molecular weight is 528 g/mol. The van der Waals surface area contributed by atoms with Gasteiger partial charge >= 0.3 is 0 Å². The molecule has 7 nitrogen and oxygen atoms in total. The number of nitrogens with zero attached hydrogens (tertiary/aromatic N) is 2. The minimum atomic E-state index is -4.08. The SMILES string of the molecule is CCNC(=O)[C@@H](C)N(Cc1ccccc1Cl)C(=O)CN(c1cccc(C)c1)S(=O)(=O)c1ccccc1. The number of rotatable bonds is 10. The number of sulfonamides is 1. The lowest BCUT2D eigenvalue weighted by atomic mass is 10.1. The van der Waals surface area contributed by atoms with Crippen molar-refractivity contribution < 1.29 is 18.0 Å². The number of hydrogen-bond acceptors (Lipinski definition) is 4. The number of benzene rings is 3. The zero-order valence-electron chi connectivity index (χ0n) is 20.5. The molecule has 1 atom stereocenters. The maximum absolute atomic E-state index is 13.8. The third-order valence-electron chi connectivity index (χ3n) is 5.72. The summed E-state index contributed by atoms with van der Waals surface area (Å²) in [6.45, 7) is 5.20. The molecule has 0 aliphatic rings. The molecule has 1 N–H and O–H groups in total. The van der Waals surface area contributed by atoms with Gasteiger partial charge in [-0.05, 0) is 62.2 Å². The molecule has 0 saturated carbocycles. The lowest BCUT2D eigenvalue weighted by Gasteiger charge is -2.32. The first-order valence-electron chi connectivity index (χ1n) is 11.6. The van der Waals surface area contributed by atoms with Crippen LogP contribution in [-0.4, -0.2) is 44.3 Å². The lowest BCUT2D eigenvalue weighted by molar-refractivity contribution is -0.139. The molecule has 0 spiro atoms. The van der Waals surface area contributed by atoms with Crippen molar-refractivity contribution >= 4 is 39.1 Å². The summed E-state index contributed by atoms with van der Waals surface area (Å²) < 4.78 is 28.4. The van der Waals surface area contributed by atoms with E-state index in [-0.39, 0.29) is 17.3 Å². The summed E-state index contributed by atoms with van der Waals surface area (Å²) in [5.41, 5.74) is 1.85. The van der Waals surface area contributed by atoms with Crippen molar-refractivity contribution in [1.29, 1.82) is 0 Å². The molecular weight excluding hydrogens is 498 g/mol.